The number of nitrogens with one attached hydrogen (secondary N) is 3. The molecular weight excluding hydrogens is 534 g/mol. The number of nitrogens with zero attached hydrogens (tertiary/aromatic N) is 4. The quantitative estimate of drug-likeness (QED) is 0.159. The lowest BCUT2D eigenvalue weighted by Crippen LogP contribution is -2.29. The van der Waals surface area contributed by atoms with Crippen molar-refractivity contribution in [3.8, 4) is 11.3 Å². The summed E-state index contributed by atoms with van der Waals surface area (Å²) in [7, 11) is 0. The van der Waals surface area contributed by atoms with Gasteiger partial charge < -0.3 is 31.9 Å². The normalized spacial score (nSPS) is 12.4. The third-order valence-electron chi connectivity index (χ3n) is 6.13. The van der Waals surface area contributed by atoms with Crippen LogP contribution in [0.3, 0.4) is 0 Å². The second-order valence-electron chi connectivity index (χ2n) is 9.33. The van der Waals surface area contributed by atoms with Gasteiger partial charge in [0.2, 0.25) is 0 Å². The maximum Gasteiger partial charge on any atom is 0.274 e. The molecule has 2 aromatic carbocycles. The van der Waals surface area contributed by atoms with E-state index in [0.29, 0.717) is 29.3 Å². The van der Waals surface area contributed by atoms with Crippen molar-refractivity contribution in [1.29, 1.82) is 0 Å². The Bertz CT molecular complexity index is 1520. The summed E-state index contributed by atoms with van der Waals surface area (Å²) >= 11 is 0. The molecule has 4 rings (SSSR count). The van der Waals surface area contributed by atoms with E-state index in [2.05, 4.69) is 35.9 Å². The number of nitrogens with two attached hydrogens (primary N) is 1. The van der Waals surface area contributed by atoms with Crippen molar-refractivity contribution in [3.05, 3.63) is 89.0 Å². The molecule has 2 heterocycles. The van der Waals surface area contributed by atoms with Gasteiger partial charge in [0.05, 0.1) is 42.5 Å². The van der Waals surface area contributed by atoms with E-state index in [1.807, 2.05) is 24.3 Å². The average molecular weight is 565 g/mol. The van der Waals surface area contributed by atoms with Crippen LogP contribution in [0.15, 0.2) is 54.9 Å². The number of benzene rings is 2. The maximum absolute atomic E-state index is 13.7. The number of amides is 1. The van der Waals surface area contributed by atoms with E-state index in [0.717, 1.165) is 23.3 Å². The van der Waals surface area contributed by atoms with Gasteiger partial charge >= 0.3 is 0 Å². The van der Waals surface area contributed by atoms with Gasteiger partial charge in [-0.2, -0.15) is 0 Å². The fourth-order valence-corrected chi connectivity index (χ4v) is 3.82. The number of aryl methyl sites for hydroxylation is 1. The highest BCUT2D eigenvalue weighted by molar-refractivity contribution is 5.97. The second kappa shape index (κ2) is 13.1. The van der Waals surface area contributed by atoms with Crippen LogP contribution in [-0.4, -0.2) is 55.3 Å². The molecule has 41 heavy (non-hydrogen) atoms. The van der Waals surface area contributed by atoms with Crippen LogP contribution in [0.1, 0.15) is 40.3 Å². The van der Waals surface area contributed by atoms with Crippen molar-refractivity contribution >= 4 is 23.4 Å². The number of aliphatic hydroxyl groups is 2. The van der Waals surface area contributed by atoms with E-state index in [-0.39, 0.29) is 23.9 Å². The smallest absolute Gasteiger partial charge is 0.274 e. The Morgan fingerprint density at radius 3 is 2.46 bits per heavy atom. The lowest BCUT2D eigenvalue weighted by Gasteiger charge is -2.16. The molecule has 13 heteroatoms. The van der Waals surface area contributed by atoms with Crippen LogP contribution in [0.25, 0.3) is 11.3 Å². The third-order valence-corrected chi connectivity index (χ3v) is 6.13. The monoisotopic (exact) mass is 564 g/mol. The minimum absolute atomic E-state index is 0.0645. The van der Waals surface area contributed by atoms with Crippen molar-refractivity contribution in [2.45, 2.75) is 32.5 Å². The van der Waals surface area contributed by atoms with Gasteiger partial charge in [-0.05, 0) is 37.1 Å². The van der Waals surface area contributed by atoms with Crippen LogP contribution in [0.5, 0.6) is 0 Å². The van der Waals surface area contributed by atoms with Crippen LogP contribution in [-0.2, 0) is 6.54 Å². The number of anilines is 3. The summed E-state index contributed by atoms with van der Waals surface area (Å²) in [5.41, 5.74) is 9.09. The molecule has 0 bridgehead atoms. The Hall–Kier alpha value is -4.75. The Balaban J connectivity index is 1.43. The van der Waals surface area contributed by atoms with Gasteiger partial charge in [-0.15, -0.1) is 0 Å². The molecule has 0 radical (unpaired) electrons. The fraction of sp³-hybridized carbons (Fsp3) is 0.250. The van der Waals surface area contributed by atoms with E-state index in [1.165, 1.54) is 18.5 Å². The summed E-state index contributed by atoms with van der Waals surface area (Å²) in [5, 5.41) is 27.3. The van der Waals surface area contributed by atoms with Gasteiger partial charge in [0, 0.05) is 18.7 Å². The second-order valence-corrected chi connectivity index (χ2v) is 9.33. The topological polar surface area (TPSA) is 171 Å². The predicted octanol–water partition coefficient (Wildman–Crippen LogP) is 2.97. The number of hydrogen-bond acceptors (Lipinski definition) is 10. The molecule has 11 nitrogen and oxygen atoms in total. The molecule has 1 amide bonds. The summed E-state index contributed by atoms with van der Waals surface area (Å²) in [5.74, 6) is -1.75. The average Bonchev–Trinajstić information content (AvgIpc) is 2.97. The molecule has 0 saturated heterocycles. The highest BCUT2D eigenvalue weighted by Gasteiger charge is 2.19. The standard InChI is InChI=1S/C28H30F2N8O3/c1-15-10-33-26(24(36-15)28(41)37-16(2)19-7-8-21(29)22(30)9-19)34-11-17-3-5-18(6-4-17)23-13-32-25(31)27(38-23)35-12-20(40)14-39/h3-10,13,16,20,39-40H,11-12,14H2,1-2H3,(H2,31,32)(H,33,34)(H,35,38)(H,37,41)/t16-,20?/m0/s1. The molecule has 0 aliphatic heterocycles. The lowest BCUT2D eigenvalue weighted by molar-refractivity contribution is 0.0935. The van der Waals surface area contributed by atoms with Crippen LogP contribution in [0.4, 0.5) is 26.2 Å². The first-order valence-electron chi connectivity index (χ1n) is 12.7. The molecule has 0 aliphatic rings. The molecule has 0 fully saturated rings. The molecule has 7 N–H and O–H groups in total. The molecule has 1 unspecified atom stereocenters. The Morgan fingerprint density at radius 2 is 1.76 bits per heavy atom. The minimum Gasteiger partial charge on any atom is -0.394 e. The van der Waals surface area contributed by atoms with Gasteiger partial charge in [-0.1, -0.05) is 30.3 Å². The van der Waals surface area contributed by atoms with Gasteiger partial charge in [-0.3, -0.25) is 4.79 Å². The van der Waals surface area contributed by atoms with Crippen LogP contribution in [0, 0.1) is 18.6 Å². The molecular formula is C28H30F2N8O3. The van der Waals surface area contributed by atoms with Crippen molar-refractivity contribution in [2.24, 2.45) is 0 Å². The summed E-state index contributed by atoms with van der Waals surface area (Å²) in [4.78, 5) is 30.3. The number of hydrogen-bond donors (Lipinski definition) is 6. The number of aliphatic hydroxyl groups excluding tert-OH is 2. The number of carbonyl (C=O) groups excluding carboxylic acids is 1. The molecule has 0 spiro atoms. The summed E-state index contributed by atoms with van der Waals surface area (Å²) in [6.45, 7) is 3.36. The molecule has 4 aromatic rings. The lowest BCUT2D eigenvalue weighted by atomic mass is 10.1. The van der Waals surface area contributed by atoms with Crippen LogP contribution >= 0.6 is 0 Å². The number of nitrogen functional groups attached to an aromatic ring is 1. The summed E-state index contributed by atoms with van der Waals surface area (Å²) < 4.78 is 27.0. The third kappa shape index (κ3) is 7.47. The van der Waals surface area contributed by atoms with Crippen LogP contribution in [0.2, 0.25) is 0 Å². The largest absolute Gasteiger partial charge is 0.394 e. The van der Waals surface area contributed by atoms with Gasteiger partial charge in [0.25, 0.3) is 5.91 Å². The van der Waals surface area contributed by atoms with Crippen molar-refractivity contribution in [1.82, 2.24) is 25.3 Å². The molecule has 214 valence electrons. The Labute approximate surface area is 234 Å². The van der Waals surface area contributed by atoms with Gasteiger partial charge in [0.15, 0.2) is 34.8 Å². The zero-order chi connectivity index (χ0) is 29.5. The van der Waals surface area contributed by atoms with Gasteiger partial charge in [0.1, 0.15) is 0 Å². The number of rotatable bonds is 11. The Morgan fingerprint density at radius 1 is 1.00 bits per heavy atom. The zero-order valence-corrected chi connectivity index (χ0v) is 22.4. The summed E-state index contributed by atoms with van der Waals surface area (Å²) in [6.07, 6.45) is 2.11. The van der Waals surface area contributed by atoms with Crippen LogP contribution < -0.4 is 21.7 Å². The number of aromatic nitrogens is 4. The van der Waals surface area contributed by atoms with Gasteiger partial charge in [-0.25, -0.2) is 28.7 Å². The number of halogens is 2. The van der Waals surface area contributed by atoms with E-state index >= 15 is 0 Å². The zero-order valence-electron chi connectivity index (χ0n) is 22.4. The van der Waals surface area contributed by atoms with Crippen molar-refractivity contribution in [2.75, 3.05) is 29.5 Å². The Kier molecular flexibility index (Phi) is 9.32. The van der Waals surface area contributed by atoms with Crippen molar-refractivity contribution in [3.63, 3.8) is 0 Å². The van der Waals surface area contributed by atoms with Crippen molar-refractivity contribution < 1.29 is 23.8 Å². The maximum atomic E-state index is 13.7. The minimum atomic E-state index is -0.995. The molecule has 0 aliphatic carbocycles. The first-order valence-corrected chi connectivity index (χ1v) is 12.7. The summed E-state index contributed by atoms with van der Waals surface area (Å²) in [6, 6.07) is 10.3. The first kappa shape index (κ1) is 29.2. The van der Waals surface area contributed by atoms with E-state index in [9.17, 15) is 18.7 Å². The van der Waals surface area contributed by atoms with E-state index < -0.39 is 36.3 Å². The fourth-order valence-electron chi connectivity index (χ4n) is 3.82. The first-order chi connectivity index (χ1) is 19.6. The molecule has 2 aromatic heterocycles. The predicted molar refractivity (Wildman–Crippen MR) is 150 cm³/mol. The molecule has 0 saturated carbocycles. The van der Waals surface area contributed by atoms with E-state index in [1.54, 1.807) is 13.8 Å². The molecule has 2 atom stereocenters. The number of carbonyl (C=O) groups is 1. The van der Waals surface area contributed by atoms with E-state index in [4.69, 9.17) is 10.8 Å². The SMILES string of the molecule is Cc1cnc(NCc2ccc(-c3cnc(N)c(NCC(O)CO)n3)cc2)c(C(=O)N[C@@H](C)c2ccc(F)c(F)c2)n1. The highest BCUT2D eigenvalue weighted by atomic mass is 19.2. The highest BCUT2D eigenvalue weighted by Crippen LogP contribution is 2.23.